The van der Waals surface area contributed by atoms with Crippen molar-refractivity contribution in [2.24, 2.45) is 5.41 Å². The number of alkyl halides is 6. The Kier molecular flexibility index (Phi) is 10.6. The lowest BCUT2D eigenvalue weighted by molar-refractivity contribution is -0.143. The summed E-state index contributed by atoms with van der Waals surface area (Å²) in [5.74, 6) is 1.20. The molecular weight excluding hydrogens is 644 g/mol. The van der Waals surface area contributed by atoms with Gasteiger partial charge in [-0.05, 0) is 90.2 Å². The van der Waals surface area contributed by atoms with Crippen molar-refractivity contribution in [2.45, 2.75) is 71.8 Å². The summed E-state index contributed by atoms with van der Waals surface area (Å²) in [5.41, 5.74) is 2.06. The predicted octanol–water partition coefficient (Wildman–Crippen LogP) is 9.07. The minimum Gasteiger partial charge on any atom is -0.496 e. The van der Waals surface area contributed by atoms with Gasteiger partial charge < -0.3 is 19.4 Å². The maximum atomic E-state index is 13.9. The summed E-state index contributed by atoms with van der Waals surface area (Å²) < 4.78 is 89.0. The van der Waals surface area contributed by atoms with Crippen LogP contribution in [0.15, 0.2) is 54.4 Å². The molecule has 0 atom stereocenters. The average Bonchev–Trinajstić information content (AvgIpc) is 3.03. The Balaban J connectivity index is 1.61. The maximum absolute atomic E-state index is 13.9. The molecular formula is C37H45F6N5O. The van der Waals surface area contributed by atoms with E-state index in [1.54, 1.807) is 24.4 Å². The van der Waals surface area contributed by atoms with Crippen LogP contribution in [0.2, 0.25) is 0 Å². The van der Waals surface area contributed by atoms with Crippen LogP contribution in [0.3, 0.4) is 0 Å². The van der Waals surface area contributed by atoms with Gasteiger partial charge in [-0.3, -0.25) is 0 Å². The molecule has 1 fully saturated rings. The van der Waals surface area contributed by atoms with E-state index in [0.29, 0.717) is 12.2 Å². The van der Waals surface area contributed by atoms with Gasteiger partial charge in [-0.25, -0.2) is 9.97 Å². The van der Waals surface area contributed by atoms with Gasteiger partial charge in [-0.1, -0.05) is 33.8 Å². The number of methoxy groups -OCH3 is 1. The minimum atomic E-state index is -4.96. The number of anilines is 2. The van der Waals surface area contributed by atoms with Crippen LogP contribution in [0.25, 0.3) is 5.57 Å². The quantitative estimate of drug-likeness (QED) is 0.209. The Morgan fingerprint density at radius 1 is 0.878 bits per heavy atom. The van der Waals surface area contributed by atoms with Gasteiger partial charge in [0.15, 0.2) is 0 Å². The van der Waals surface area contributed by atoms with Crippen molar-refractivity contribution in [3.63, 3.8) is 0 Å². The molecule has 0 N–H and O–H groups in total. The number of hydrogen-bond donors (Lipinski definition) is 0. The van der Waals surface area contributed by atoms with Crippen LogP contribution >= 0.6 is 0 Å². The van der Waals surface area contributed by atoms with Gasteiger partial charge in [-0.2, -0.15) is 26.3 Å². The Morgan fingerprint density at radius 3 is 2.04 bits per heavy atom. The standard InChI is InChI=1S/C37H45F6N5O/c1-24(2)26-7-8-33(49-6)32(17-26)31-9-10-35(3,4)19-27(31)23-48(34-44-20-30(21-45-34)47-13-11-46(5)12-14-47)22-25-15-28(36(38,39)40)18-29(16-25)37(41,42)43/h7-8,15-18,20-21,24H,9-14,19,22-23H2,1-6H3. The summed E-state index contributed by atoms with van der Waals surface area (Å²) >= 11 is 0. The zero-order valence-electron chi connectivity index (χ0n) is 29.0. The number of aromatic nitrogens is 2. The van der Waals surface area contributed by atoms with Gasteiger partial charge >= 0.3 is 12.4 Å². The number of rotatable bonds is 9. The van der Waals surface area contributed by atoms with E-state index >= 15 is 0 Å². The van der Waals surface area contributed by atoms with Crippen LogP contribution in [0.4, 0.5) is 38.0 Å². The van der Waals surface area contributed by atoms with E-state index in [-0.39, 0.29) is 42.0 Å². The highest BCUT2D eigenvalue weighted by Gasteiger charge is 2.37. The first-order valence-electron chi connectivity index (χ1n) is 16.6. The van der Waals surface area contributed by atoms with Crippen LogP contribution < -0.4 is 14.5 Å². The number of nitrogens with zero attached hydrogens (tertiary/aromatic N) is 5. The third-order valence-electron chi connectivity index (χ3n) is 9.56. The van der Waals surface area contributed by atoms with Crippen molar-refractivity contribution in [3.8, 4) is 5.75 Å². The summed E-state index contributed by atoms with van der Waals surface area (Å²) in [5, 5.41) is 0. The van der Waals surface area contributed by atoms with Gasteiger partial charge in [0.05, 0.1) is 36.3 Å². The van der Waals surface area contributed by atoms with Gasteiger partial charge in [0, 0.05) is 44.8 Å². The maximum Gasteiger partial charge on any atom is 0.416 e. The Labute approximate surface area is 284 Å². The van der Waals surface area contributed by atoms with Crippen LogP contribution in [0, 0.1) is 5.41 Å². The number of hydrogen-bond acceptors (Lipinski definition) is 6. The Hall–Kier alpha value is -3.80. The Bertz CT molecular complexity index is 1610. The molecule has 0 radical (unpaired) electrons. The lowest BCUT2D eigenvalue weighted by Crippen LogP contribution is -2.44. The third kappa shape index (κ3) is 8.87. The highest BCUT2D eigenvalue weighted by Crippen LogP contribution is 2.46. The summed E-state index contributed by atoms with van der Waals surface area (Å²) in [4.78, 5) is 15.4. The van der Waals surface area contributed by atoms with Crippen molar-refractivity contribution >= 4 is 17.2 Å². The molecule has 2 aromatic carbocycles. The molecule has 2 heterocycles. The topological polar surface area (TPSA) is 44.7 Å². The molecule has 3 aromatic rings. The number of piperazine rings is 1. The average molecular weight is 690 g/mol. The number of ether oxygens (including phenoxy) is 1. The molecule has 5 rings (SSSR count). The van der Waals surface area contributed by atoms with Crippen LogP contribution in [-0.2, 0) is 18.9 Å². The van der Waals surface area contributed by atoms with Gasteiger partial charge in [-0.15, -0.1) is 0 Å². The van der Waals surface area contributed by atoms with Crippen molar-refractivity contribution in [1.29, 1.82) is 0 Å². The Morgan fingerprint density at radius 2 is 1.49 bits per heavy atom. The van der Waals surface area contributed by atoms with Gasteiger partial charge in [0.2, 0.25) is 5.95 Å². The highest BCUT2D eigenvalue weighted by atomic mass is 19.4. The second kappa shape index (κ2) is 14.2. The number of halogens is 6. The molecule has 1 saturated heterocycles. The molecule has 0 unspecified atom stereocenters. The molecule has 0 amide bonds. The van der Waals surface area contributed by atoms with Crippen LogP contribution in [0.5, 0.6) is 5.75 Å². The molecule has 1 aliphatic heterocycles. The van der Waals surface area contributed by atoms with E-state index in [1.807, 2.05) is 12.1 Å². The minimum absolute atomic E-state index is 0.0841. The van der Waals surface area contributed by atoms with Crippen molar-refractivity contribution in [1.82, 2.24) is 14.9 Å². The zero-order valence-corrected chi connectivity index (χ0v) is 29.0. The van der Waals surface area contributed by atoms with Gasteiger partial charge in [0.25, 0.3) is 0 Å². The molecule has 266 valence electrons. The molecule has 2 aliphatic rings. The van der Waals surface area contributed by atoms with E-state index < -0.39 is 23.5 Å². The monoisotopic (exact) mass is 689 g/mol. The summed E-state index contributed by atoms with van der Waals surface area (Å²) in [6, 6.07) is 7.85. The molecule has 0 spiro atoms. The van der Waals surface area contributed by atoms with E-state index in [9.17, 15) is 26.3 Å². The lowest BCUT2D eigenvalue weighted by Gasteiger charge is -2.36. The molecule has 49 heavy (non-hydrogen) atoms. The van der Waals surface area contributed by atoms with Crippen molar-refractivity contribution in [3.05, 3.63) is 82.2 Å². The van der Waals surface area contributed by atoms with Crippen LogP contribution in [-0.4, -0.2) is 61.7 Å². The lowest BCUT2D eigenvalue weighted by atomic mass is 9.72. The first-order chi connectivity index (χ1) is 22.9. The van der Waals surface area contributed by atoms with Gasteiger partial charge in [0.1, 0.15) is 5.75 Å². The van der Waals surface area contributed by atoms with E-state index in [2.05, 4.69) is 60.6 Å². The smallest absolute Gasteiger partial charge is 0.416 e. The molecule has 12 heteroatoms. The van der Waals surface area contributed by atoms with E-state index in [1.165, 1.54) is 0 Å². The number of likely N-dealkylation sites (N-methyl/N-ethyl adjacent to an activating group) is 1. The zero-order chi connectivity index (χ0) is 35.7. The molecule has 0 saturated carbocycles. The fraction of sp³-hybridized carbons (Fsp3) is 0.514. The molecule has 1 aromatic heterocycles. The van der Waals surface area contributed by atoms with E-state index in [4.69, 9.17) is 4.74 Å². The number of benzene rings is 2. The molecule has 6 nitrogen and oxygen atoms in total. The normalized spacial score (nSPS) is 17.5. The molecule has 1 aliphatic carbocycles. The second-order valence-corrected chi connectivity index (χ2v) is 14.3. The fourth-order valence-electron chi connectivity index (χ4n) is 6.67. The first-order valence-corrected chi connectivity index (χ1v) is 16.6. The third-order valence-corrected chi connectivity index (χ3v) is 9.56. The summed E-state index contributed by atoms with van der Waals surface area (Å²) in [6.07, 6.45) is -4.24. The van der Waals surface area contributed by atoms with Crippen molar-refractivity contribution in [2.75, 3.05) is 56.7 Å². The van der Waals surface area contributed by atoms with Crippen molar-refractivity contribution < 1.29 is 31.1 Å². The predicted molar refractivity (Wildman–Crippen MR) is 181 cm³/mol. The second-order valence-electron chi connectivity index (χ2n) is 14.3. The largest absolute Gasteiger partial charge is 0.496 e. The molecule has 0 bridgehead atoms. The van der Waals surface area contributed by atoms with Crippen LogP contribution in [0.1, 0.15) is 80.7 Å². The highest BCUT2D eigenvalue weighted by molar-refractivity contribution is 5.75. The fourth-order valence-corrected chi connectivity index (χ4v) is 6.67. The summed E-state index contributed by atoms with van der Waals surface area (Å²) in [7, 11) is 3.67. The summed E-state index contributed by atoms with van der Waals surface area (Å²) in [6.45, 7) is 11.8. The SMILES string of the molecule is COc1ccc(C(C)C)cc1C1=C(CN(Cc2cc(C(F)(F)F)cc(C(F)(F)F)c2)c2ncc(N3CCN(C)CC3)cn2)CC(C)(C)CC1. The van der Waals surface area contributed by atoms with E-state index in [0.717, 1.165) is 79.1 Å². The first kappa shape index (κ1) is 36.5. The number of allylic oxidation sites excluding steroid dienone is 1.